The van der Waals surface area contributed by atoms with Crippen molar-refractivity contribution in [3.8, 4) is 11.3 Å². The Morgan fingerprint density at radius 2 is 2.11 bits per heavy atom. The van der Waals surface area contributed by atoms with Crippen LogP contribution in [0.4, 0.5) is 0 Å². The first-order valence-corrected chi connectivity index (χ1v) is 10.3. The van der Waals surface area contributed by atoms with Crippen LogP contribution in [0.15, 0.2) is 30.3 Å². The van der Waals surface area contributed by atoms with E-state index in [-0.39, 0.29) is 11.9 Å². The first-order valence-electron chi connectivity index (χ1n) is 10.3. The third kappa shape index (κ3) is 3.98. The lowest BCUT2D eigenvalue weighted by Crippen LogP contribution is -2.48. The highest BCUT2D eigenvalue weighted by Crippen LogP contribution is 2.26. The minimum absolute atomic E-state index is 0.0879. The summed E-state index contributed by atoms with van der Waals surface area (Å²) in [5.74, 6) is 0.430. The van der Waals surface area contributed by atoms with Gasteiger partial charge < -0.3 is 10.1 Å². The molecule has 0 radical (unpaired) electrons. The molecule has 2 N–H and O–H groups in total. The molecule has 3 atom stereocenters. The number of aromatic amines is 1. The van der Waals surface area contributed by atoms with Crippen molar-refractivity contribution in [2.45, 2.75) is 51.8 Å². The van der Waals surface area contributed by atoms with E-state index in [4.69, 9.17) is 4.74 Å². The predicted octanol–water partition coefficient (Wildman–Crippen LogP) is 2.87. The Labute approximate surface area is 166 Å². The zero-order chi connectivity index (χ0) is 19.7. The number of fused-ring (bicyclic) bond motifs is 1. The summed E-state index contributed by atoms with van der Waals surface area (Å²) in [7, 11) is 0. The topological polar surface area (TPSA) is 70.2 Å². The molecular formula is C22H30N4O2. The summed E-state index contributed by atoms with van der Waals surface area (Å²) in [6.45, 7) is 9.14. The van der Waals surface area contributed by atoms with Crippen LogP contribution in [-0.2, 0) is 11.2 Å². The molecule has 0 unspecified atom stereocenters. The molecular weight excluding hydrogens is 352 g/mol. The molecule has 1 aromatic heterocycles. The van der Waals surface area contributed by atoms with Gasteiger partial charge in [-0.2, -0.15) is 5.10 Å². The highest BCUT2D eigenvalue weighted by atomic mass is 16.5. The number of rotatable bonds is 5. The van der Waals surface area contributed by atoms with E-state index in [1.54, 1.807) is 0 Å². The Hall–Kier alpha value is -2.18. The lowest BCUT2D eigenvalue weighted by atomic mass is 10.0. The first-order chi connectivity index (χ1) is 13.5. The van der Waals surface area contributed by atoms with E-state index in [1.165, 1.54) is 5.56 Å². The molecule has 2 aliphatic heterocycles. The number of benzene rings is 1. The zero-order valence-electron chi connectivity index (χ0n) is 16.9. The van der Waals surface area contributed by atoms with Gasteiger partial charge in [-0.3, -0.25) is 14.8 Å². The second-order valence-corrected chi connectivity index (χ2v) is 8.35. The van der Waals surface area contributed by atoms with Crippen LogP contribution < -0.4 is 5.32 Å². The number of H-pyrrole nitrogens is 1. The van der Waals surface area contributed by atoms with Crippen LogP contribution in [0.25, 0.3) is 11.3 Å². The number of hydrogen-bond donors (Lipinski definition) is 2. The maximum atomic E-state index is 12.7. The normalized spacial score (nSPS) is 25.1. The van der Waals surface area contributed by atoms with Crippen LogP contribution >= 0.6 is 0 Å². The highest BCUT2D eigenvalue weighted by molar-refractivity contribution is 5.93. The highest BCUT2D eigenvalue weighted by Gasteiger charge is 2.38. The fourth-order valence-corrected chi connectivity index (χ4v) is 4.17. The summed E-state index contributed by atoms with van der Waals surface area (Å²) in [5, 5.41) is 10.4. The van der Waals surface area contributed by atoms with Crippen molar-refractivity contribution in [2.24, 2.45) is 5.92 Å². The van der Waals surface area contributed by atoms with Gasteiger partial charge in [-0.1, -0.05) is 45.0 Å². The number of hydrogen-bond acceptors (Lipinski definition) is 4. The minimum atomic E-state index is -0.0879. The fourth-order valence-electron chi connectivity index (χ4n) is 4.17. The summed E-state index contributed by atoms with van der Waals surface area (Å²) in [5.41, 5.74) is 3.61. The van der Waals surface area contributed by atoms with Gasteiger partial charge in [-0.25, -0.2) is 0 Å². The molecule has 1 aromatic carbocycles. The Balaban J connectivity index is 1.36. The molecule has 2 fully saturated rings. The number of aromatic nitrogens is 2. The molecule has 0 bridgehead atoms. The maximum Gasteiger partial charge on any atom is 0.269 e. The van der Waals surface area contributed by atoms with Crippen molar-refractivity contribution in [3.63, 3.8) is 0 Å². The van der Waals surface area contributed by atoms with Gasteiger partial charge in [-0.05, 0) is 30.4 Å². The minimum Gasteiger partial charge on any atom is -0.375 e. The molecule has 28 heavy (non-hydrogen) atoms. The lowest BCUT2D eigenvalue weighted by Gasteiger charge is -2.36. The summed E-state index contributed by atoms with van der Waals surface area (Å²) in [4.78, 5) is 15.2. The number of carbonyl (C=O) groups excluding carboxylic acids is 1. The van der Waals surface area contributed by atoms with Crippen LogP contribution in [0.3, 0.4) is 0 Å². The van der Waals surface area contributed by atoms with Gasteiger partial charge in [0.2, 0.25) is 0 Å². The lowest BCUT2D eigenvalue weighted by molar-refractivity contribution is -0.0683. The standard InChI is InChI=1S/C22H30N4O2/c1-4-15-5-7-16(8-6-15)19-10-20(25-24-19)22(27)23-17-9-18-13-28-21(14(2)3)12-26(18)11-17/h5-8,10,14,17-18,21H,4,9,11-13H2,1-3H3,(H,23,27)(H,24,25)/t17-,18-,21-/m0/s1. The number of carbonyl (C=O) groups is 1. The number of morpholine rings is 1. The van der Waals surface area contributed by atoms with Crippen LogP contribution in [0, 0.1) is 5.92 Å². The van der Waals surface area contributed by atoms with E-state index in [1.807, 2.05) is 6.07 Å². The van der Waals surface area contributed by atoms with Crippen molar-refractivity contribution < 1.29 is 9.53 Å². The van der Waals surface area contributed by atoms with Crippen LogP contribution in [0.5, 0.6) is 0 Å². The monoisotopic (exact) mass is 382 g/mol. The fraction of sp³-hybridized carbons (Fsp3) is 0.545. The van der Waals surface area contributed by atoms with Crippen molar-refractivity contribution in [1.82, 2.24) is 20.4 Å². The number of nitrogens with one attached hydrogen (secondary N) is 2. The molecule has 2 aromatic rings. The average molecular weight is 383 g/mol. The van der Waals surface area contributed by atoms with E-state index < -0.39 is 0 Å². The number of aryl methyl sites for hydroxylation is 1. The predicted molar refractivity (Wildman–Crippen MR) is 109 cm³/mol. The first kappa shape index (κ1) is 19.2. The smallest absolute Gasteiger partial charge is 0.269 e. The molecule has 2 aliphatic rings. The van der Waals surface area contributed by atoms with Crippen LogP contribution in [0.1, 0.15) is 43.2 Å². The SMILES string of the molecule is CCc1ccc(-c2cc(C(=O)N[C@H]3C[C@H]4CO[C@H](C(C)C)CN4C3)[nH]n2)cc1. The quantitative estimate of drug-likeness (QED) is 0.834. The van der Waals surface area contributed by atoms with Gasteiger partial charge >= 0.3 is 0 Å². The molecule has 1 amide bonds. The van der Waals surface area contributed by atoms with Gasteiger partial charge in [0.25, 0.3) is 5.91 Å². The Morgan fingerprint density at radius 1 is 1.32 bits per heavy atom. The van der Waals surface area contributed by atoms with Crippen LogP contribution in [-0.4, -0.2) is 58.9 Å². The molecule has 0 aliphatic carbocycles. The molecule has 4 rings (SSSR count). The van der Waals surface area contributed by atoms with Gasteiger partial charge in [0.05, 0.1) is 18.4 Å². The molecule has 6 nitrogen and oxygen atoms in total. The van der Waals surface area contributed by atoms with E-state index in [0.717, 1.165) is 43.8 Å². The molecule has 0 saturated carbocycles. The van der Waals surface area contributed by atoms with Gasteiger partial charge in [0, 0.05) is 30.7 Å². The number of amides is 1. The Kier molecular flexibility index (Phi) is 5.51. The van der Waals surface area contributed by atoms with E-state index >= 15 is 0 Å². The van der Waals surface area contributed by atoms with E-state index in [0.29, 0.717) is 23.8 Å². The van der Waals surface area contributed by atoms with Gasteiger partial charge in [0.1, 0.15) is 5.69 Å². The van der Waals surface area contributed by atoms with Crippen LogP contribution in [0.2, 0.25) is 0 Å². The van der Waals surface area contributed by atoms with E-state index in [2.05, 4.69) is 65.5 Å². The van der Waals surface area contributed by atoms with Crippen molar-refractivity contribution in [1.29, 1.82) is 0 Å². The van der Waals surface area contributed by atoms with Gasteiger partial charge in [0.15, 0.2) is 0 Å². The second kappa shape index (κ2) is 8.05. The summed E-state index contributed by atoms with van der Waals surface area (Å²) < 4.78 is 5.99. The third-order valence-corrected chi connectivity index (χ3v) is 6.00. The molecule has 150 valence electrons. The van der Waals surface area contributed by atoms with Crippen molar-refractivity contribution >= 4 is 5.91 Å². The summed E-state index contributed by atoms with van der Waals surface area (Å²) in [6, 6.07) is 10.7. The Morgan fingerprint density at radius 3 is 2.82 bits per heavy atom. The number of ether oxygens (including phenoxy) is 1. The maximum absolute atomic E-state index is 12.7. The third-order valence-electron chi connectivity index (χ3n) is 6.00. The second-order valence-electron chi connectivity index (χ2n) is 8.35. The largest absolute Gasteiger partial charge is 0.375 e. The summed E-state index contributed by atoms with van der Waals surface area (Å²) in [6.07, 6.45) is 2.24. The van der Waals surface area contributed by atoms with Crippen molar-refractivity contribution in [3.05, 3.63) is 41.6 Å². The number of nitrogens with zero attached hydrogens (tertiary/aromatic N) is 2. The molecule has 2 saturated heterocycles. The average Bonchev–Trinajstić information content (AvgIpc) is 3.34. The molecule has 0 spiro atoms. The van der Waals surface area contributed by atoms with Gasteiger partial charge in [-0.15, -0.1) is 0 Å². The molecule has 3 heterocycles. The molecule has 6 heteroatoms. The summed E-state index contributed by atoms with van der Waals surface area (Å²) >= 11 is 0. The van der Waals surface area contributed by atoms with E-state index in [9.17, 15) is 4.79 Å². The van der Waals surface area contributed by atoms with Crippen molar-refractivity contribution in [2.75, 3.05) is 19.7 Å². The Bertz CT molecular complexity index is 814. The zero-order valence-corrected chi connectivity index (χ0v) is 16.9.